The van der Waals surface area contributed by atoms with E-state index in [4.69, 9.17) is 0 Å². The van der Waals surface area contributed by atoms with E-state index < -0.39 is 5.82 Å². The fraction of sp³-hybridized carbons (Fsp3) is 0.636. The SMILES string of the molecule is CC(C)[C@H]1CC[C@@H](N2CCC(N3C(=O)/C(=N\O)c4cc(F)ccc43)CC2)CC1. The van der Waals surface area contributed by atoms with Crippen LogP contribution in [-0.4, -0.2) is 46.9 Å². The molecule has 0 bridgehead atoms. The van der Waals surface area contributed by atoms with Gasteiger partial charge in [-0.15, -0.1) is 0 Å². The second-order valence-corrected chi connectivity index (χ2v) is 8.86. The van der Waals surface area contributed by atoms with Crippen molar-refractivity contribution in [2.24, 2.45) is 17.0 Å². The van der Waals surface area contributed by atoms with E-state index in [1.165, 1.54) is 37.8 Å². The summed E-state index contributed by atoms with van der Waals surface area (Å²) < 4.78 is 13.6. The second-order valence-electron chi connectivity index (χ2n) is 8.86. The molecule has 2 heterocycles. The Hall–Kier alpha value is -1.95. The van der Waals surface area contributed by atoms with Crippen molar-refractivity contribution in [3.63, 3.8) is 0 Å². The number of anilines is 1. The highest BCUT2D eigenvalue weighted by Crippen LogP contribution is 2.37. The van der Waals surface area contributed by atoms with E-state index in [-0.39, 0.29) is 17.7 Å². The zero-order chi connectivity index (χ0) is 19.8. The Balaban J connectivity index is 1.41. The molecule has 28 heavy (non-hydrogen) atoms. The van der Waals surface area contributed by atoms with Gasteiger partial charge < -0.3 is 15.0 Å². The predicted molar refractivity (Wildman–Crippen MR) is 107 cm³/mol. The number of nitrogens with zero attached hydrogens (tertiary/aromatic N) is 3. The largest absolute Gasteiger partial charge is 0.410 e. The molecule has 1 aliphatic carbocycles. The number of oxime groups is 1. The average molecular weight is 387 g/mol. The lowest BCUT2D eigenvalue weighted by Crippen LogP contribution is -2.50. The molecule has 1 N–H and O–H groups in total. The molecule has 1 aromatic rings. The van der Waals surface area contributed by atoms with Crippen molar-refractivity contribution in [2.75, 3.05) is 18.0 Å². The highest BCUT2D eigenvalue weighted by atomic mass is 19.1. The number of hydrogen-bond acceptors (Lipinski definition) is 4. The van der Waals surface area contributed by atoms with Gasteiger partial charge in [0.2, 0.25) is 0 Å². The molecule has 4 rings (SSSR count). The Bertz CT molecular complexity index is 763. The molecular weight excluding hydrogens is 357 g/mol. The van der Waals surface area contributed by atoms with E-state index in [2.05, 4.69) is 23.9 Å². The van der Waals surface area contributed by atoms with Gasteiger partial charge >= 0.3 is 0 Å². The summed E-state index contributed by atoms with van der Waals surface area (Å²) in [6, 6.07) is 5.01. The minimum Gasteiger partial charge on any atom is -0.410 e. The second kappa shape index (κ2) is 7.82. The van der Waals surface area contributed by atoms with Gasteiger partial charge in [-0.05, 0) is 68.6 Å². The maximum absolute atomic E-state index is 13.6. The Morgan fingerprint density at radius 2 is 1.75 bits per heavy atom. The molecule has 0 spiro atoms. The summed E-state index contributed by atoms with van der Waals surface area (Å²) in [5, 5.41) is 12.4. The molecule has 1 aromatic carbocycles. The van der Waals surface area contributed by atoms with Crippen LogP contribution in [0.2, 0.25) is 0 Å². The van der Waals surface area contributed by atoms with E-state index in [0.29, 0.717) is 17.3 Å². The Morgan fingerprint density at radius 3 is 2.36 bits per heavy atom. The van der Waals surface area contributed by atoms with Crippen LogP contribution >= 0.6 is 0 Å². The molecule has 2 aliphatic heterocycles. The van der Waals surface area contributed by atoms with Crippen LogP contribution in [0.1, 0.15) is 57.9 Å². The van der Waals surface area contributed by atoms with E-state index >= 15 is 0 Å². The van der Waals surface area contributed by atoms with Crippen molar-refractivity contribution in [2.45, 2.75) is 64.5 Å². The fourth-order valence-corrected chi connectivity index (χ4v) is 5.35. The smallest absolute Gasteiger partial charge is 0.281 e. The van der Waals surface area contributed by atoms with Crippen molar-refractivity contribution in [1.29, 1.82) is 0 Å². The lowest BCUT2D eigenvalue weighted by atomic mass is 9.79. The Labute approximate surface area is 166 Å². The molecule has 1 saturated carbocycles. The highest BCUT2D eigenvalue weighted by molar-refractivity contribution is 6.54. The van der Waals surface area contributed by atoms with Crippen LogP contribution in [0, 0.1) is 17.7 Å². The van der Waals surface area contributed by atoms with Crippen molar-refractivity contribution in [3.8, 4) is 0 Å². The van der Waals surface area contributed by atoms with Gasteiger partial charge in [-0.3, -0.25) is 4.79 Å². The summed E-state index contributed by atoms with van der Waals surface area (Å²) in [6.07, 6.45) is 6.99. The molecule has 0 atom stereocenters. The number of fused-ring (bicyclic) bond motifs is 1. The van der Waals surface area contributed by atoms with Crippen molar-refractivity contribution >= 4 is 17.3 Å². The van der Waals surface area contributed by atoms with Crippen molar-refractivity contribution in [1.82, 2.24) is 4.90 Å². The van der Waals surface area contributed by atoms with Gasteiger partial charge in [0.05, 0.1) is 5.69 Å². The molecule has 0 aromatic heterocycles. The number of rotatable bonds is 3. The van der Waals surface area contributed by atoms with Crippen LogP contribution in [0.5, 0.6) is 0 Å². The van der Waals surface area contributed by atoms with Crippen LogP contribution in [0.25, 0.3) is 0 Å². The monoisotopic (exact) mass is 387 g/mol. The maximum atomic E-state index is 13.6. The van der Waals surface area contributed by atoms with Crippen LogP contribution in [0.3, 0.4) is 0 Å². The zero-order valence-electron chi connectivity index (χ0n) is 16.8. The van der Waals surface area contributed by atoms with E-state index in [0.717, 1.165) is 37.8 Å². The number of hydrogen-bond donors (Lipinski definition) is 1. The Kier molecular flexibility index (Phi) is 5.41. The molecule has 1 saturated heterocycles. The maximum Gasteiger partial charge on any atom is 0.281 e. The highest BCUT2D eigenvalue weighted by Gasteiger charge is 2.41. The number of amides is 1. The number of likely N-dealkylation sites (tertiary alicyclic amines) is 1. The summed E-state index contributed by atoms with van der Waals surface area (Å²) >= 11 is 0. The molecule has 3 aliphatic rings. The third kappa shape index (κ3) is 3.43. The molecular formula is C22H30FN3O2. The first-order valence-corrected chi connectivity index (χ1v) is 10.6. The summed E-state index contributed by atoms with van der Waals surface area (Å²) in [7, 11) is 0. The topological polar surface area (TPSA) is 56.1 Å². The van der Waals surface area contributed by atoms with Gasteiger partial charge in [0.15, 0.2) is 5.71 Å². The summed E-state index contributed by atoms with van der Waals surface area (Å²) in [6.45, 7) is 6.62. The third-order valence-corrected chi connectivity index (χ3v) is 7.06. The lowest BCUT2D eigenvalue weighted by Gasteiger charge is -2.43. The first kappa shape index (κ1) is 19.4. The zero-order valence-corrected chi connectivity index (χ0v) is 16.8. The minimum atomic E-state index is -0.429. The van der Waals surface area contributed by atoms with Gasteiger partial charge in [0.25, 0.3) is 5.91 Å². The number of carbonyl (C=O) groups is 1. The van der Waals surface area contributed by atoms with Crippen molar-refractivity contribution in [3.05, 3.63) is 29.6 Å². The van der Waals surface area contributed by atoms with Crippen LogP contribution in [0.15, 0.2) is 23.4 Å². The molecule has 6 heteroatoms. The summed E-state index contributed by atoms with van der Waals surface area (Å²) in [4.78, 5) is 17.1. The number of carbonyl (C=O) groups excluding carboxylic acids is 1. The van der Waals surface area contributed by atoms with E-state index in [1.807, 2.05) is 0 Å². The number of halogens is 1. The fourth-order valence-electron chi connectivity index (χ4n) is 5.35. The van der Waals surface area contributed by atoms with E-state index in [1.54, 1.807) is 11.0 Å². The average Bonchev–Trinajstić information content (AvgIpc) is 2.98. The third-order valence-electron chi connectivity index (χ3n) is 7.06. The van der Waals surface area contributed by atoms with Gasteiger partial charge in [0.1, 0.15) is 5.82 Å². The standard InChI is InChI=1S/C22H30FN3O2/c1-14(2)15-3-6-17(7-4-15)25-11-9-18(10-12-25)26-20-8-5-16(23)13-19(20)21(24-28)22(26)27/h5,8,13-15,17-18,28H,3-4,6-7,9-12H2,1-2H3/b24-21-/t15-,17+. The van der Waals surface area contributed by atoms with Gasteiger partial charge in [-0.25, -0.2) is 4.39 Å². The van der Waals surface area contributed by atoms with Gasteiger partial charge in [-0.1, -0.05) is 19.0 Å². The number of piperidine rings is 1. The van der Waals surface area contributed by atoms with Crippen LogP contribution < -0.4 is 4.90 Å². The summed E-state index contributed by atoms with van der Waals surface area (Å²) in [5.74, 6) is 0.893. The van der Waals surface area contributed by atoms with E-state index in [9.17, 15) is 14.4 Å². The van der Waals surface area contributed by atoms with Crippen LogP contribution in [0.4, 0.5) is 10.1 Å². The first-order chi connectivity index (χ1) is 13.5. The van der Waals surface area contributed by atoms with Crippen molar-refractivity contribution < 1.29 is 14.4 Å². The molecule has 0 radical (unpaired) electrons. The first-order valence-electron chi connectivity index (χ1n) is 10.6. The minimum absolute atomic E-state index is 0.0519. The lowest BCUT2D eigenvalue weighted by molar-refractivity contribution is -0.113. The predicted octanol–water partition coefficient (Wildman–Crippen LogP) is 4.03. The van der Waals surface area contributed by atoms with Gasteiger partial charge in [0, 0.05) is 30.7 Å². The quantitative estimate of drug-likeness (QED) is 0.629. The van der Waals surface area contributed by atoms with Gasteiger partial charge in [-0.2, -0.15) is 0 Å². The normalized spacial score (nSPS) is 28.4. The number of benzene rings is 1. The summed E-state index contributed by atoms with van der Waals surface area (Å²) in [5.41, 5.74) is 1.00. The molecule has 5 nitrogen and oxygen atoms in total. The molecule has 1 amide bonds. The molecule has 152 valence electrons. The Morgan fingerprint density at radius 1 is 1.07 bits per heavy atom. The molecule has 0 unspecified atom stereocenters. The van der Waals surface area contributed by atoms with Crippen LogP contribution in [-0.2, 0) is 4.79 Å². The molecule has 2 fully saturated rings.